The Morgan fingerprint density at radius 3 is 2.61 bits per heavy atom. The van der Waals surface area contributed by atoms with E-state index in [4.69, 9.17) is 26.3 Å². The number of hydrogen-bond donors (Lipinski definition) is 1. The molecule has 0 aliphatic carbocycles. The number of hydrogen-bond acceptors (Lipinski definition) is 5. The predicted molar refractivity (Wildman–Crippen MR) is 132 cm³/mol. The maximum absolute atomic E-state index is 12.6. The van der Waals surface area contributed by atoms with Gasteiger partial charge >= 0.3 is 0 Å². The van der Waals surface area contributed by atoms with Gasteiger partial charge in [-0.1, -0.05) is 59.8 Å². The second-order valence-corrected chi connectivity index (χ2v) is 9.09. The zero-order valence-electron chi connectivity index (χ0n) is 17.8. The third-order valence-electron chi connectivity index (χ3n) is 5.29. The van der Waals surface area contributed by atoms with E-state index in [-0.39, 0.29) is 11.7 Å². The highest BCUT2D eigenvalue weighted by molar-refractivity contribution is 8.00. The number of nitrogens with zero attached hydrogens (tertiary/aromatic N) is 2. The van der Waals surface area contributed by atoms with Gasteiger partial charge in [-0.25, -0.2) is 4.98 Å². The van der Waals surface area contributed by atoms with E-state index in [2.05, 4.69) is 11.4 Å². The molecule has 2 heterocycles. The molecule has 4 aromatic rings. The first-order valence-electron chi connectivity index (χ1n) is 10.5. The van der Waals surface area contributed by atoms with E-state index < -0.39 is 0 Å². The van der Waals surface area contributed by atoms with Crippen molar-refractivity contribution in [2.24, 2.45) is 0 Å². The van der Waals surface area contributed by atoms with Gasteiger partial charge < -0.3 is 10.1 Å². The monoisotopic (exact) mass is 473 g/mol. The first-order chi connectivity index (χ1) is 16.1. The van der Waals surface area contributed by atoms with Gasteiger partial charge in [-0.2, -0.15) is 4.98 Å². The van der Waals surface area contributed by atoms with Gasteiger partial charge in [0.1, 0.15) is 10.8 Å². The molecule has 0 unspecified atom stereocenters. The summed E-state index contributed by atoms with van der Waals surface area (Å²) < 4.78 is 6.25. The van der Waals surface area contributed by atoms with Crippen LogP contribution in [0.5, 0.6) is 11.6 Å². The van der Waals surface area contributed by atoms with Crippen molar-refractivity contribution in [1.82, 2.24) is 9.97 Å². The van der Waals surface area contributed by atoms with Gasteiger partial charge in [0.05, 0.1) is 11.3 Å². The fraction of sp³-hybridized carbons (Fsp3) is 0.115. The quantitative estimate of drug-likeness (QED) is 0.232. The lowest BCUT2D eigenvalue weighted by Crippen LogP contribution is -2.15. The minimum atomic E-state index is -0.0976. The molecule has 164 valence electrons. The van der Waals surface area contributed by atoms with Gasteiger partial charge in [-0.05, 0) is 54.4 Å². The fourth-order valence-corrected chi connectivity index (χ4v) is 4.62. The second kappa shape index (κ2) is 9.25. The predicted octanol–water partition coefficient (Wildman–Crippen LogP) is 6.53. The van der Waals surface area contributed by atoms with Crippen LogP contribution >= 0.6 is 23.4 Å². The molecule has 0 bridgehead atoms. The summed E-state index contributed by atoms with van der Waals surface area (Å²) in [7, 11) is 0. The van der Waals surface area contributed by atoms with Crippen molar-refractivity contribution in [3.05, 3.63) is 94.5 Å². The molecule has 5 nitrogen and oxygen atoms in total. The zero-order valence-corrected chi connectivity index (χ0v) is 19.4. The second-order valence-electron chi connectivity index (χ2n) is 7.69. The number of aromatic nitrogens is 2. The Hall–Kier alpha value is -3.35. The number of carbonyl (C=O) groups excluding carboxylic acids is 1. The smallest absolute Gasteiger partial charge is 0.234 e. The highest BCUT2D eigenvalue weighted by Gasteiger charge is 2.25. The van der Waals surface area contributed by atoms with Crippen LogP contribution in [-0.4, -0.2) is 21.6 Å². The van der Waals surface area contributed by atoms with Gasteiger partial charge in [0.25, 0.3) is 0 Å². The Bertz CT molecular complexity index is 1330. The number of anilines is 1. The summed E-state index contributed by atoms with van der Waals surface area (Å²) in [5, 5.41) is 4.30. The summed E-state index contributed by atoms with van der Waals surface area (Å²) in [4.78, 5) is 22.1. The molecular weight excluding hydrogens is 454 g/mol. The van der Waals surface area contributed by atoms with Gasteiger partial charge in [0.15, 0.2) is 5.82 Å². The lowest BCUT2D eigenvalue weighted by molar-refractivity contribution is -0.113. The Morgan fingerprint density at radius 2 is 1.82 bits per heavy atom. The van der Waals surface area contributed by atoms with E-state index in [1.807, 2.05) is 61.5 Å². The Kier molecular flexibility index (Phi) is 6.03. The molecule has 1 aliphatic heterocycles. The van der Waals surface area contributed by atoms with Crippen LogP contribution in [0.3, 0.4) is 0 Å². The summed E-state index contributed by atoms with van der Waals surface area (Å²) >= 11 is 7.44. The standard InChI is InChI=1S/C26H20ClN3O2S/c1-16-6-5-7-18-14-21-25(32-23(16)18)29-24(17-10-12-19(27)13-11-17)30-26(21)33-15-22(31)28-20-8-3-2-4-9-20/h2-13H,14-15H2,1H3,(H,28,31). The first-order valence-corrected chi connectivity index (χ1v) is 11.8. The van der Waals surface area contributed by atoms with Gasteiger partial charge in [0, 0.05) is 22.7 Å². The molecule has 0 saturated carbocycles. The largest absolute Gasteiger partial charge is 0.438 e. The molecule has 7 heteroatoms. The molecule has 0 fully saturated rings. The molecule has 5 rings (SSSR count). The van der Waals surface area contributed by atoms with Crippen LogP contribution in [-0.2, 0) is 11.2 Å². The van der Waals surface area contributed by atoms with E-state index in [9.17, 15) is 4.79 Å². The molecule has 1 N–H and O–H groups in total. The summed E-state index contributed by atoms with van der Waals surface area (Å²) in [6.07, 6.45) is 0.649. The molecule has 1 aromatic heterocycles. The van der Waals surface area contributed by atoms with Crippen LogP contribution in [0.15, 0.2) is 77.8 Å². The molecule has 0 saturated heterocycles. The van der Waals surface area contributed by atoms with Crippen LogP contribution in [0.2, 0.25) is 5.02 Å². The van der Waals surface area contributed by atoms with Gasteiger partial charge in [0.2, 0.25) is 11.8 Å². The number of ether oxygens (including phenoxy) is 1. The third-order valence-corrected chi connectivity index (χ3v) is 6.56. The average molecular weight is 474 g/mol. The van der Waals surface area contributed by atoms with Gasteiger partial charge in [-0.3, -0.25) is 4.79 Å². The van der Waals surface area contributed by atoms with Crippen molar-refractivity contribution in [2.75, 3.05) is 11.1 Å². The van der Waals surface area contributed by atoms with Crippen molar-refractivity contribution in [3.8, 4) is 23.0 Å². The summed E-state index contributed by atoms with van der Waals surface area (Å²) in [5.74, 6) is 2.03. The number of aryl methyl sites for hydroxylation is 1. The molecule has 0 spiro atoms. The number of thioether (sulfide) groups is 1. The Labute approximate surface area is 201 Å². The Morgan fingerprint density at radius 1 is 1.03 bits per heavy atom. The molecule has 33 heavy (non-hydrogen) atoms. The third kappa shape index (κ3) is 4.72. The van der Waals surface area contributed by atoms with Crippen molar-refractivity contribution in [1.29, 1.82) is 0 Å². The number of fused-ring (bicyclic) bond motifs is 2. The summed E-state index contributed by atoms with van der Waals surface area (Å²) in [5.41, 5.74) is 4.63. The normalized spacial score (nSPS) is 11.8. The minimum Gasteiger partial charge on any atom is -0.438 e. The zero-order chi connectivity index (χ0) is 22.8. The van der Waals surface area contributed by atoms with Crippen LogP contribution in [0, 0.1) is 6.92 Å². The molecular formula is C26H20ClN3O2S. The highest BCUT2D eigenvalue weighted by Crippen LogP contribution is 2.41. The number of amides is 1. The van der Waals surface area contributed by atoms with Crippen molar-refractivity contribution in [3.63, 3.8) is 0 Å². The van der Waals surface area contributed by atoms with E-state index in [1.165, 1.54) is 11.8 Å². The Balaban J connectivity index is 1.47. The molecule has 0 radical (unpaired) electrons. The number of rotatable bonds is 5. The average Bonchev–Trinajstić information content (AvgIpc) is 2.83. The minimum absolute atomic E-state index is 0.0976. The molecule has 1 aliphatic rings. The number of benzene rings is 3. The molecule has 3 aromatic carbocycles. The van der Waals surface area contributed by atoms with Crippen molar-refractivity contribution in [2.45, 2.75) is 18.4 Å². The number of nitrogens with one attached hydrogen (secondary N) is 1. The van der Waals surface area contributed by atoms with E-state index >= 15 is 0 Å². The SMILES string of the molecule is Cc1cccc2c1Oc1nc(-c3ccc(Cl)cc3)nc(SCC(=O)Nc3ccccc3)c1C2. The lowest BCUT2D eigenvalue weighted by atomic mass is 10.0. The highest BCUT2D eigenvalue weighted by atomic mass is 35.5. The summed E-state index contributed by atoms with van der Waals surface area (Å²) in [6, 6.07) is 22.9. The topological polar surface area (TPSA) is 64.1 Å². The van der Waals surface area contributed by atoms with Crippen LogP contribution < -0.4 is 10.1 Å². The van der Waals surface area contributed by atoms with Crippen LogP contribution in [0.4, 0.5) is 5.69 Å². The van der Waals surface area contributed by atoms with E-state index in [1.54, 1.807) is 12.1 Å². The fourth-order valence-electron chi connectivity index (χ4n) is 3.66. The number of halogens is 1. The first kappa shape index (κ1) is 21.5. The summed E-state index contributed by atoms with van der Waals surface area (Å²) in [6.45, 7) is 2.02. The van der Waals surface area contributed by atoms with Crippen LogP contribution in [0.1, 0.15) is 16.7 Å². The van der Waals surface area contributed by atoms with Crippen molar-refractivity contribution >= 4 is 35.0 Å². The van der Waals surface area contributed by atoms with E-state index in [0.29, 0.717) is 23.1 Å². The maximum atomic E-state index is 12.6. The maximum Gasteiger partial charge on any atom is 0.234 e. The van der Waals surface area contributed by atoms with Gasteiger partial charge in [-0.15, -0.1) is 0 Å². The number of carbonyl (C=O) groups is 1. The number of para-hydroxylation sites is 2. The lowest BCUT2D eigenvalue weighted by Gasteiger charge is -2.23. The molecule has 1 amide bonds. The van der Waals surface area contributed by atoms with Crippen molar-refractivity contribution < 1.29 is 9.53 Å². The van der Waals surface area contributed by atoms with E-state index in [0.717, 1.165) is 38.7 Å². The van der Waals surface area contributed by atoms with Crippen LogP contribution in [0.25, 0.3) is 11.4 Å². The molecule has 0 atom stereocenters.